The van der Waals surface area contributed by atoms with Crippen LogP contribution in [0, 0.1) is 17.0 Å². The zero-order chi connectivity index (χ0) is 21.7. The van der Waals surface area contributed by atoms with E-state index in [1.54, 1.807) is 6.07 Å². The van der Waals surface area contributed by atoms with Crippen LogP contribution in [0.2, 0.25) is 0 Å². The number of aromatic nitrogens is 2. The molecule has 0 atom stereocenters. The molecule has 0 aliphatic heterocycles. The summed E-state index contributed by atoms with van der Waals surface area (Å²) in [6.07, 6.45) is 1.39. The van der Waals surface area contributed by atoms with Gasteiger partial charge in [0.05, 0.1) is 17.9 Å². The number of anilines is 1. The smallest absolute Gasteiger partial charge is 0.305 e. The minimum absolute atomic E-state index is 0.0830. The molecule has 1 amide bonds. The van der Waals surface area contributed by atoms with Crippen LogP contribution in [-0.4, -0.2) is 31.7 Å². The second-order valence-electron chi connectivity index (χ2n) is 6.45. The second kappa shape index (κ2) is 9.23. The van der Waals surface area contributed by atoms with Gasteiger partial charge in [-0.15, -0.1) is 0 Å². The highest BCUT2D eigenvalue weighted by molar-refractivity contribution is 7.99. The van der Waals surface area contributed by atoms with Gasteiger partial charge in [-0.05, 0) is 31.2 Å². The molecule has 0 radical (unpaired) electrons. The fourth-order valence-corrected chi connectivity index (χ4v) is 3.48. The highest BCUT2D eigenvalue weighted by Gasteiger charge is 2.15. The lowest BCUT2D eigenvalue weighted by Crippen LogP contribution is -2.14. The number of aryl methyl sites for hydroxylation is 2. The number of nitrogens with one attached hydrogen (secondary N) is 1. The second-order valence-corrected chi connectivity index (χ2v) is 7.60. The van der Waals surface area contributed by atoms with E-state index < -0.39 is 16.8 Å². The molecule has 0 saturated carbocycles. The Morgan fingerprint density at radius 2 is 1.90 bits per heavy atom. The Labute approximate surface area is 175 Å². The third-order valence-corrected chi connectivity index (χ3v) is 5.02. The molecule has 0 fully saturated rings. The summed E-state index contributed by atoms with van der Waals surface area (Å²) in [6.45, 7) is 2.11. The summed E-state index contributed by atoms with van der Waals surface area (Å²) in [5.41, 5.74) is 1.31. The molecule has 10 heteroatoms. The van der Waals surface area contributed by atoms with Gasteiger partial charge in [-0.2, -0.15) is 5.10 Å². The molecule has 1 heterocycles. The number of carbonyl (C=O) groups is 2. The molecule has 154 valence electrons. The molecule has 0 unspecified atom stereocenters. The number of nitro groups is 1. The third kappa shape index (κ3) is 5.67. The first-order valence-corrected chi connectivity index (χ1v) is 9.72. The van der Waals surface area contributed by atoms with Crippen LogP contribution in [0.4, 0.5) is 11.4 Å². The molecule has 0 spiro atoms. The molecule has 2 N–H and O–H groups in total. The van der Waals surface area contributed by atoms with Crippen molar-refractivity contribution >= 4 is 35.0 Å². The van der Waals surface area contributed by atoms with E-state index in [1.807, 2.05) is 31.2 Å². The molecule has 0 bridgehead atoms. The van der Waals surface area contributed by atoms with Gasteiger partial charge in [0.1, 0.15) is 0 Å². The topological polar surface area (TPSA) is 127 Å². The van der Waals surface area contributed by atoms with Gasteiger partial charge in [-0.3, -0.25) is 24.4 Å². The van der Waals surface area contributed by atoms with Crippen LogP contribution in [-0.2, 0) is 11.3 Å². The summed E-state index contributed by atoms with van der Waals surface area (Å²) in [4.78, 5) is 35.4. The summed E-state index contributed by atoms with van der Waals surface area (Å²) in [5.74, 6) is -1.51. The van der Waals surface area contributed by atoms with E-state index in [2.05, 4.69) is 10.4 Å². The Morgan fingerprint density at radius 1 is 1.17 bits per heavy atom. The van der Waals surface area contributed by atoms with Crippen LogP contribution >= 0.6 is 11.8 Å². The van der Waals surface area contributed by atoms with Crippen molar-refractivity contribution in [1.82, 2.24) is 9.78 Å². The van der Waals surface area contributed by atoms with Crippen molar-refractivity contribution in [3.05, 3.63) is 76.1 Å². The number of non-ortho nitro benzene ring substituents is 1. The zero-order valence-electron chi connectivity index (χ0n) is 15.9. The Balaban J connectivity index is 1.78. The molecule has 1 aromatic heterocycles. The molecule has 2 aromatic carbocycles. The van der Waals surface area contributed by atoms with E-state index in [-0.39, 0.29) is 30.0 Å². The Morgan fingerprint density at radius 3 is 2.57 bits per heavy atom. The van der Waals surface area contributed by atoms with Crippen molar-refractivity contribution in [1.29, 1.82) is 0 Å². The van der Waals surface area contributed by atoms with Crippen molar-refractivity contribution in [3.8, 4) is 0 Å². The summed E-state index contributed by atoms with van der Waals surface area (Å²) in [6, 6.07) is 13.6. The highest BCUT2D eigenvalue weighted by atomic mass is 32.2. The first-order chi connectivity index (χ1) is 14.3. The quantitative estimate of drug-likeness (QED) is 0.412. The number of aliphatic carboxylic acids is 1. The van der Waals surface area contributed by atoms with Crippen LogP contribution < -0.4 is 5.32 Å². The number of nitrogens with zero attached hydrogens (tertiary/aromatic N) is 3. The average Bonchev–Trinajstić information content (AvgIpc) is 3.17. The summed E-state index contributed by atoms with van der Waals surface area (Å²) in [7, 11) is 0. The normalized spacial score (nSPS) is 10.6. The molecule has 3 rings (SSSR count). The molecule has 30 heavy (non-hydrogen) atoms. The number of carboxylic acids is 1. The van der Waals surface area contributed by atoms with Crippen molar-refractivity contribution in [2.45, 2.75) is 29.7 Å². The number of carboxylic acid groups (broad SMARTS) is 1. The van der Waals surface area contributed by atoms with Gasteiger partial charge in [0.2, 0.25) is 0 Å². The number of hydrogen-bond donors (Lipinski definition) is 2. The Hall–Kier alpha value is -3.66. The van der Waals surface area contributed by atoms with Crippen molar-refractivity contribution in [2.24, 2.45) is 0 Å². The number of amides is 1. The van der Waals surface area contributed by atoms with Crippen molar-refractivity contribution in [2.75, 3.05) is 5.32 Å². The third-order valence-electron chi connectivity index (χ3n) is 4.04. The van der Waals surface area contributed by atoms with Gasteiger partial charge < -0.3 is 10.4 Å². The van der Waals surface area contributed by atoms with E-state index in [0.717, 1.165) is 10.5 Å². The maximum absolute atomic E-state index is 12.5. The molecule has 3 aromatic rings. The van der Waals surface area contributed by atoms with E-state index in [1.165, 1.54) is 40.8 Å². The lowest BCUT2D eigenvalue weighted by molar-refractivity contribution is -0.385. The highest BCUT2D eigenvalue weighted by Crippen LogP contribution is 2.33. The van der Waals surface area contributed by atoms with Crippen LogP contribution in [0.15, 0.2) is 64.5 Å². The molecule has 0 aliphatic carbocycles. The van der Waals surface area contributed by atoms with Gasteiger partial charge in [-0.1, -0.05) is 29.5 Å². The Kier molecular flexibility index (Phi) is 6.48. The Bertz CT molecular complexity index is 1090. The van der Waals surface area contributed by atoms with Gasteiger partial charge in [0.15, 0.2) is 5.69 Å². The monoisotopic (exact) mass is 426 g/mol. The van der Waals surface area contributed by atoms with Crippen molar-refractivity contribution in [3.63, 3.8) is 0 Å². The maximum Gasteiger partial charge on any atom is 0.305 e. The average molecular weight is 426 g/mol. The van der Waals surface area contributed by atoms with Crippen LogP contribution in [0.1, 0.15) is 22.5 Å². The van der Waals surface area contributed by atoms with Crippen LogP contribution in [0.25, 0.3) is 0 Å². The van der Waals surface area contributed by atoms with Gasteiger partial charge in [-0.25, -0.2) is 0 Å². The zero-order valence-corrected chi connectivity index (χ0v) is 16.8. The fraction of sp³-hybridized carbons (Fsp3) is 0.150. The van der Waals surface area contributed by atoms with E-state index in [0.29, 0.717) is 4.90 Å². The van der Waals surface area contributed by atoms with E-state index in [4.69, 9.17) is 5.11 Å². The van der Waals surface area contributed by atoms with Crippen molar-refractivity contribution < 1.29 is 19.6 Å². The summed E-state index contributed by atoms with van der Waals surface area (Å²) < 4.78 is 1.36. The van der Waals surface area contributed by atoms with Gasteiger partial charge >= 0.3 is 5.97 Å². The first-order valence-electron chi connectivity index (χ1n) is 8.91. The number of rotatable bonds is 8. The standard InChI is InChI=1S/C20H18N4O5S/c1-13-2-4-16(5-3-13)30-17-11-14(10-15(12-17)24(28)29)21-20(27)18-6-8-23(22-18)9-7-19(25)26/h2-6,8,10-12H,7,9H2,1H3,(H,21,27)(H,25,26). The first kappa shape index (κ1) is 21.1. The predicted molar refractivity (Wildman–Crippen MR) is 111 cm³/mol. The maximum atomic E-state index is 12.5. The summed E-state index contributed by atoms with van der Waals surface area (Å²) in [5, 5.41) is 26.7. The summed E-state index contributed by atoms with van der Waals surface area (Å²) >= 11 is 1.35. The fourth-order valence-electron chi connectivity index (χ4n) is 2.57. The van der Waals surface area contributed by atoms with Gasteiger partial charge in [0, 0.05) is 33.8 Å². The minimum Gasteiger partial charge on any atom is -0.481 e. The van der Waals surface area contributed by atoms with Crippen LogP contribution in [0.5, 0.6) is 0 Å². The lowest BCUT2D eigenvalue weighted by Gasteiger charge is -2.07. The molecular formula is C20H18N4O5S. The number of carbonyl (C=O) groups excluding carboxylic acids is 1. The number of benzene rings is 2. The number of hydrogen-bond acceptors (Lipinski definition) is 6. The molecule has 0 saturated heterocycles. The van der Waals surface area contributed by atoms with Crippen LogP contribution in [0.3, 0.4) is 0 Å². The van der Waals surface area contributed by atoms with Gasteiger partial charge in [0.25, 0.3) is 11.6 Å². The largest absolute Gasteiger partial charge is 0.481 e. The van der Waals surface area contributed by atoms with E-state index in [9.17, 15) is 19.7 Å². The minimum atomic E-state index is -0.966. The predicted octanol–water partition coefficient (Wildman–Crippen LogP) is 3.98. The number of nitro benzene ring substituents is 1. The molecule has 9 nitrogen and oxygen atoms in total. The molecular weight excluding hydrogens is 408 g/mol. The molecule has 0 aliphatic rings. The SMILES string of the molecule is Cc1ccc(Sc2cc(NC(=O)c3ccn(CCC(=O)O)n3)cc([N+](=O)[O-])c2)cc1. The van der Waals surface area contributed by atoms with E-state index >= 15 is 0 Å². The lowest BCUT2D eigenvalue weighted by atomic mass is 10.2.